The van der Waals surface area contributed by atoms with E-state index < -0.39 is 0 Å². The molecule has 1 aliphatic carbocycles. The van der Waals surface area contributed by atoms with E-state index in [1.807, 2.05) is 37.4 Å². The van der Waals surface area contributed by atoms with Gasteiger partial charge in [-0.25, -0.2) is 4.98 Å². The van der Waals surface area contributed by atoms with Crippen LogP contribution in [-0.4, -0.2) is 32.6 Å². The lowest BCUT2D eigenvalue weighted by Crippen LogP contribution is -2.37. The fourth-order valence-electron chi connectivity index (χ4n) is 5.03. The van der Waals surface area contributed by atoms with Crippen molar-refractivity contribution in [3.63, 3.8) is 0 Å². The van der Waals surface area contributed by atoms with Gasteiger partial charge in [0.15, 0.2) is 0 Å². The number of carbonyl (C=O) groups is 1. The highest BCUT2D eigenvalue weighted by Gasteiger charge is 2.28. The van der Waals surface area contributed by atoms with Crippen molar-refractivity contribution in [1.82, 2.24) is 25.5 Å². The fourth-order valence-corrected chi connectivity index (χ4v) is 5.03. The smallest absolute Gasteiger partial charge is 0.223 e. The number of rotatable bonds is 7. The highest BCUT2D eigenvalue weighted by molar-refractivity contribution is 5.83. The van der Waals surface area contributed by atoms with Crippen molar-refractivity contribution in [2.75, 3.05) is 6.54 Å². The number of nitrogens with zero attached hydrogens (tertiary/aromatic N) is 2. The molecule has 0 radical (unpaired) electrons. The second kappa shape index (κ2) is 9.81. The van der Waals surface area contributed by atoms with Crippen molar-refractivity contribution in [3.05, 3.63) is 71.8 Å². The van der Waals surface area contributed by atoms with Gasteiger partial charge in [0.1, 0.15) is 5.82 Å². The molecule has 0 spiro atoms. The number of carbonyl (C=O) groups excluding carboxylic acids is 1. The molecule has 1 unspecified atom stereocenters. The maximum absolute atomic E-state index is 13.3. The topological polar surface area (TPSA) is 112 Å². The van der Waals surface area contributed by atoms with E-state index in [2.05, 4.69) is 44.8 Å². The molecule has 1 aliphatic rings. The van der Waals surface area contributed by atoms with Crippen molar-refractivity contribution < 1.29 is 4.79 Å². The maximum Gasteiger partial charge on any atom is 0.223 e. The molecular weight excluding hydrogens is 424 g/mol. The molecule has 5 N–H and O–H groups in total. The SMILES string of the molecule is Cc1[nH]c(C(Cc2ccccc2)NC(=O)[C@H]2CC[C@H](CN)CC2)nc1-c1ccc2cn[nH]c2c1. The molecule has 7 nitrogen and oxygen atoms in total. The zero-order valence-corrected chi connectivity index (χ0v) is 19.6. The van der Waals surface area contributed by atoms with Gasteiger partial charge in [-0.15, -0.1) is 0 Å². The quantitative estimate of drug-likeness (QED) is 0.330. The number of H-pyrrole nitrogens is 2. The molecule has 1 amide bonds. The van der Waals surface area contributed by atoms with Crippen LogP contribution in [0.5, 0.6) is 0 Å². The third kappa shape index (κ3) is 4.75. The highest BCUT2D eigenvalue weighted by atomic mass is 16.1. The van der Waals surface area contributed by atoms with Crippen molar-refractivity contribution >= 4 is 16.8 Å². The molecule has 1 fully saturated rings. The summed E-state index contributed by atoms with van der Waals surface area (Å²) in [7, 11) is 0. The number of nitrogens with two attached hydrogens (primary N) is 1. The van der Waals surface area contributed by atoms with Crippen LogP contribution in [-0.2, 0) is 11.2 Å². The summed E-state index contributed by atoms with van der Waals surface area (Å²) < 4.78 is 0. The summed E-state index contributed by atoms with van der Waals surface area (Å²) in [6, 6.07) is 16.2. The van der Waals surface area contributed by atoms with Crippen molar-refractivity contribution in [3.8, 4) is 11.3 Å². The van der Waals surface area contributed by atoms with Gasteiger partial charge >= 0.3 is 0 Å². The molecule has 5 rings (SSSR count). The van der Waals surface area contributed by atoms with Crippen LogP contribution in [0.3, 0.4) is 0 Å². The Morgan fingerprint density at radius 2 is 1.94 bits per heavy atom. The normalized spacial score (nSPS) is 19.2. The van der Waals surface area contributed by atoms with Crippen LogP contribution in [0.4, 0.5) is 0 Å². The lowest BCUT2D eigenvalue weighted by molar-refractivity contribution is -0.127. The zero-order chi connectivity index (χ0) is 23.5. The molecule has 2 aromatic heterocycles. The van der Waals surface area contributed by atoms with Crippen molar-refractivity contribution in [2.24, 2.45) is 17.6 Å². The number of benzene rings is 2. The number of amides is 1. The molecule has 1 atom stereocenters. The Balaban J connectivity index is 1.41. The van der Waals surface area contributed by atoms with E-state index in [1.54, 1.807) is 0 Å². The zero-order valence-electron chi connectivity index (χ0n) is 19.6. The summed E-state index contributed by atoms with van der Waals surface area (Å²) in [5.41, 5.74) is 10.9. The molecule has 2 heterocycles. The number of hydrogen-bond donors (Lipinski definition) is 4. The number of imidazole rings is 1. The summed E-state index contributed by atoms with van der Waals surface area (Å²) >= 11 is 0. The first kappa shape index (κ1) is 22.3. The van der Waals surface area contributed by atoms with Crippen molar-refractivity contribution in [2.45, 2.75) is 45.1 Å². The fraction of sp³-hybridized carbons (Fsp3) is 0.370. The molecule has 0 saturated heterocycles. The minimum atomic E-state index is -0.231. The average molecular weight is 457 g/mol. The van der Waals surface area contributed by atoms with E-state index in [0.717, 1.165) is 64.9 Å². The third-order valence-electron chi connectivity index (χ3n) is 7.10. The molecule has 4 aromatic rings. The van der Waals surface area contributed by atoms with Crippen molar-refractivity contribution in [1.29, 1.82) is 0 Å². The number of aryl methyl sites for hydroxylation is 1. The van der Waals surface area contributed by atoms with E-state index in [0.29, 0.717) is 18.9 Å². The largest absolute Gasteiger partial charge is 0.346 e. The Labute approximate surface area is 199 Å². The van der Waals surface area contributed by atoms with E-state index in [1.165, 1.54) is 0 Å². The molecule has 0 aliphatic heterocycles. The van der Waals surface area contributed by atoms with E-state index in [4.69, 9.17) is 10.7 Å². The minimum Gasteiger partial charge on any atom is -0.346 e. The van der Waals surface area contributed by atoms with E-state index in [-0.39, 0.29) is 17.9 Å². The predicted molar refractivity (Wildman–Crippen MR) is 134 cm³/mol. The first-order valence-corrected chi connectivity index (χ1v) is 12.1. The Kier molecular flexibility index (Phi) is 6.45. The van der Waals surface area contributed by atoms with Crippen LogP contribution in [0.2, 0.25) is 0 Å². The summed E-state index contributed by atoms with van der Waals surface area (Å²) in [6.45, 7) is 2.74. The van der Waals surface area contributed by atoms with Crippen LogP contribution >= 0.6 is 0 Å². The van der Waals surface area contributed by atoms with Crippen LogP contribution in [0, 0.1) is 18.8 Å². The van der Waals surface area contributed by atoms with Crippen LogP contribution in [0.25, 0.3) is 22.2 Å². The molecule has 0 bridgehead atoms. The Bertz CT molecular complexity index is 1250. The van der Waals surface area contributed by atoms with Gasteiger partial charge in [0, 0.05) is 22.6 Å². The maximum atomic E-state index is 13.3. The summed E-state index contributed by atoms with van der Waals surface area (Å²) in [6.07, 6.45) is 6.35. The van der Waals surface area contributed by atoms with Gasteiger partial charge in [-0.2, -0.15) is 5.10 Å². The van der Waals surface area contributed by atoms with Gasteiger partial charge < -0.3 is 16.0 Å². The van der Waals surface area contributed by atoms with Gasteiger partial charge in [-0.05, 0) is 63.1 Å². The predicted octanol–water partition coefficient (Wildman–Crippen LogP) is 4.43. The molecule has 34 heavy (non-hydrogen) atoms. The molecule has 1 saturated carbocycles. The van der Waals surface area contributed by atoms with Gasteiger partial charge in [-0.3, -0.25) is 9.89 Å². The molecule has 7 heteroatoms. The summed E-state index contributed by atoms with van der Waals surface area (Å²) in [5, 5.41) is 11.5. The van der Waals surface area contributed by atoms with Crippen LogP contribution in [0.1, 0.15) is 48.8 Å². The number of aromatic nitrogens is 4. The first-order chi connectivity index (χ1) is 16.6. The second-order valence-electron chi connectivity index (χ2n) is 9.47. The van der Waals surface area contributed by atoms with Gasteiger partial charge in [0.25, 0.3) is 0 Å². The number of fused-ring (bicyclic) bond motifs is 1. The van der Waals surface area contributed by atoms with Crippen LogP contribution < -0.4 is 11.1 Å². The molecule has 2 aromatic carbocycles. The summed E-state index contributed by atoms with van der Waals surface area (Å²) in [4.78, 5) is 21.7. The third-order valence-corrected chi connectivity index (χ3v) is 7.10. The minimum absolute atomic E-state index is 0.0411. The standard InChI is InChI=1S/C27H32N6O/c1-17-25(21-11-12-22-16-29-33-23(22)14-21)32-26(30-17)24(13-18-5-3-2-4-6-18)31-27(34)20-9-7-19(15-28)8-10-20/h2-6,11-12,14,16,19-20,24H,7-10,13,15,28H2,1H3,(H,29,33)(H,30,32)(H,31,34)/t19-,20-,24?. The van der Waals surface area contributed by atoms with Gasteiger partial charge in [0.05, 0.1) is 23.4 Å². The Hall–Kier alpha value is -3.45. The van der Waals surface area contributed by atoms with E-state index in [9.17, 15) is 4.79 Å². The average Bonchev–Trinajstić information content (AvgIpc) is 3.50. The van der Waals surface area contributed by atoms with Gasteiger partial charge in [0.2, 0.25) is 5.91 Å². The molecule has 176 valence electrons. The Morgan fingerprint density at radius 3 is 2.71 bits per heavy atom. The monoisotopic (exact) mass is 456 g/mol. The first-order valence-electron chi connectivity index (χ1n) is 12.1. The lowest BCUT2D eigenvalue weighted by atomic mass is 9.81. The lowest BCUT2D eigenvalue weighted by Gasteiger charge is -2.28. The number of aromatic amines is 2. The second-order valence-corrected chi connectivity index (χ2v) is 9.47. The highest BCUT2D eigenvalue weighted by Crippen LogP contribution is 2.30. The summed E-state index contributed by atoms with van der Waals surface area (Å²) in [5.74, 6) is 1.49. The Morgan fingerprint density at radius 1 is 1.15 bits per heavy atom. The van der Waals surface area contributed by atoms with E-state index >= 15 is 0 Å². The van der Waals surface area contributed by atoms with Crippen LogP contribution in [0.15, 0.2) is 54.7 Å². The number of hydrogen-bond acceptors (Lipinski definition) is 4. The number of nitrogens with one attached hydrogen (secondary N) is 3. The van der Waals surface area contributed by atoms with Gasteiger partial charge in [-0.1, -0.05) is 42.5 Å². The molecular formula is C27H32N6O.